The summed E-state index contributed by atoms with van der Waals surface area (Å²) in [7, 11) is 1.72. The lowest BCUT2D eigenvalue weighted by molar-refractivity contribution is 0.613. The summed E-state index contributed by atoms with van der Waals surface area (Å²) in [5.41, 5.74) is 1.35. The van der Waals surface area contributed by atoms with Gasteiger partial charge in [-0.05, 0) is 43.7 Å². The maximum atomic E-state index is 14.5. The standard InChI is InChI=1S/C19H22FN5S.HI/c1-13-4-6-16(26-13)12-24-19(21-3)23-11-15-5-7-18(17(20)10-15)25-9-8-22-14(25)2;/h4-10H,11-12H2,1-3H3,(H2,21,23,24);1H. The van der Waals surface area contributed by atoms with E-state index in [4.69, 9.17) is 0 Å². The minimum atomic E-state index is -0.276. The van der Waals surface area contributed by atoms with Gasteiger partial charge in [0.1, 0.15) is 11.6 Å². The van der Waals surface area contributed by atoms with Gasteiger partial charge in [0, 0.05) is 35.7 Å². The summed E-state index contributed by atoms with van der Waals surface area (Å²) >= 11 is 1.76. The molecule has 3 rings (SSSR count). The number of benzene rings is 1. The highest BCUT2D eigenvalue weighted by Crippen LogP contribution is 2.17. The van der Waals surface area contributed by atoms with E-state index >= 15 is 0 Å². The summed E-state index contributed by atoms with van der Waals surface area (Å²) in [4.78, 5) is 10.9. The first kappa shape index (κ1) is 21.4. The van der Waals surface area contributed by atoms with Gasteiger partial charge in [-0.2, -0.15) is 0 Å². The fourth-order valence-corrected chi connectivity index (χ4v) is 3.48. The number of halogens is 2. The van der Waals surface area contributed by atoms with Crippen molar-refractivity contribution in [2.45, 2.75) is 26.9 Å². The maximum Gasteiger partial charge on any atom is 0.191 e. The number of aromatic nitrogens is 2. The highest BCUT2D eigenvalue weighted by molar-refractivity contribution is 14.0. The van der Waals surface area contributed by atoms with Crippen LogP contribution in [-0.2, 0) is 13.1 Å². The number of imidazole rings is 1. The van der Waals surface area contributed by atoms with E-state index in [1.165, 1.54) is 15.8 Å². The molecule has 0 aliphatic heterocycles. The lowest BCUT2D eigenvalue weighted by atomic mass is 10.2. The molecule has 0 unspecified atom stereocenters. The smallest absolute Gasteiger partial charge is 0.191 e. The predicted octanol–water partition coefficient (Wildman–Crippen LogP) is 4.17. The summed E-state index contributed by atoms with van der Waals surface area (Å²) in [6, 6.07) is 9.42. The second-order valence-corrected chi connectivity index (χ2v) is 7.29. The molecule has 0 aliphatic rings. The molecule has 2 aromatic heterocycles. The Bertz CT molecular complexity index is 918. The van der Waals surface area contributed by atoms with Gasteiger partial charge >= 0.3 is 0 Å². The van der Waals surface area contributed by atoms with E-state index < -0.39 is 0 Å². The normalized spacial score (nSPS) is 11.2. The van der Waals surface area contributed by atoms with Gasteiger partial charge in [-0.1, -0.05) is 6.07 Å². The number of nitrogens with zero attached hydrogens (tertiary/aromatic N) is 3. The first-order chi connectivity index (χ1) is 12.6. The molecule has 1 aromatic carbocycles. The molecule has 0 bridgehead atoms. The molecule has 2 heterocycles. The monoisotopic (exact) mass is 499 g/mol. The quantitative estimate of drug-likeness (QED) is 0.315. The third kappa shape index (κ3) is 5.52. The number of aliphatic imine (C=N–C) groups is 1. The van der Waals surface area contributed by atoms with E-state index in [0.29, 0.717) is 24.7 Å². The molecule has 8 heteroatoms. The number of hydrogen-bond donors (Lipinski definition) is 2. The van der Waals surface area contributed by atoms with Crippen LogP contribution in [0.3, 0.4) is 0 Å². The largest absolute Gasteiger partial charge is 0.352 e. The average Bonchev–Trinajstić information content (AvgIpc) is 3.23. The fraction of sp³-hybridized carbons (Fsp3) is 0.263. The van der Waals surface area contributed by atoms with Crippen LogP contribution in [0.4, 0.5) is 4.39 Å². The van der Waals surface area contributed by atoms with Gasteiger partial charge in [-0.25, -0.2) is 9.37 Å². The van der Waals surface area contributed by atoms with Crippen molar-refractivity contribution in [1.29, 1.82) is 0 Å². The molecule has 0 saturated carbocycles. The van der Waals surface area contributed by atoms with Gasteiger partial charge < -0.3 is 15.2 Å². The first-order valence-electron chi connectivity index (χ1n) is 8.35. The van der Waals surface area contributed by atoms with Crippen molar-refractivity contribution >= 4 is 41.3 Å². The minimum absolute atomic E-state index is 0. The lowest BCUT2D eigenvalue weighted by Gasteiger charge is -2.12. The second-order valence-electron chi connectivity index (χ2n) is 5.92. The molecule has 0 spiro atoms. The summed E-state index contributed by atoms with van der Waals surface area (Å²) < 4.78 is 16.2. The number of thiophene rings is 1. The van der Waals surface area contributed by atoms with E-state index in [1.807, 2.05) is 13.0 Å². The van der Waals surface area contributed by atoms with Crippen LogP contribution in [0.15, 0.2) is 47.7 Å². The van der Waals surface area contributed by atoms with E-state index in [1.54, 1.807) is 41.4 Å². The Hall–Kier alpha value is -1.94. The number of hydrogen-bond acceptors (Lipinski definition) is 3. The molecule has 5 nitrogen and oxygen atoms in total. The van der Waals surface area contributed by atoms with Crippen LogP contribution >= 0.6 is 35.3 Å². The molecule has 3 aromatic rings. The van der Waals surface area contributed by atoms with Crippen molar-refractivity contribution in [3.8, 4) is 5.69 Å². The van der Waals surface area contributed by atoms with Crippen LogP contribution in [0.25, 0.3) is 5.69 Å². The second kappa shape index (κ2) is 9.84. The van der Waals surface area contributed by atoms with Crippen LogP contribution < -0.4 is 10.6 Å². The number of aryl methyl sites for hydroxylation is 2. The van der Waals surface area contributed by atoms with Crippen LogP contribution in [0.1, 0.15) is 21.1 Å². The molecule has 0 amide bonds. The molecule has 0 fully saturated rings. The van der Waals surface area contributed by atoms with Crippen LogP contribution in [-0.4, -0.2) is 22.6 Å². The third-order valence-electron chi connectivity index (χ3n) is 4.01. The molecule has 144 valence electrons. The number of nitrogens with one attached hydrogen (secondary N) is 2. The van der Waals surface area contributed by atoms with Gasteiger partial charge in [-0.15, -0.1) is 35.3 Å². The Labute approximate surface area is 179 Å². The summed E-state index contributed by atoms with van der Waals surface area (Å²) in [6.45, 7) is 5.14. The van der Waals surface area contributed by atoms with Gasteiger partial charge in [0.2, 0.25) is 0 Å². The maximum absolute atomic E-state index is 14.5. The first-order valence-corrected chi connectivity index (χ1v) is 9.17. The molecular formula is C19H23FIN5S. The van der Waals surface area contributed by atoms with Gasteiger partial charge in [0.05, 0.1) is 12.2 Å². The third-order valence-corrected chi connectivity index (χ3v) is 5.01. The Morgan fingerprint density at radius 3 is 2.56 bits per heavy atom. The molecule has 0 saturated heterocycles. The minimum Gasteiger partial charge on any atom is -0.352 e. The van der Waals surface area contributed by atoms with Crippen LogP contribution in [0, 0.1) is 19.7 Å². The van der Waals surface area contributed by atoms with Gasteiger partial charge in [0.25, 0.3) is 0 Å². The fourth-order valence-electron chi connectivity index (χ4n) is 2.65. The summed E-state index contributed by atoms with van der Waals surface area (Å²) in [5, 5.41) is 6.48. The van der Waals surface area contributed by atoms with Gasteiger partial charge in [-0.3, -0.25) is 4.99 Å². The zero-order chi connectivity index (χ0) is 18.5. The molecule has 0 radical (unpaired) electrons. The summed E-state index contributed by atoms with van der Waals surface area (Å²) in [5.74, 6) is 1.16. The lowest BCUT2D eigenvalue weighted by Crippen LogP contribution is -2.36. The van der Waals surface area contributed by atoms with Crippen molar-refractivity contribution in [2.24, 2.45) is 4.99 Å². The van der Waals surface area contributed by atoms with E-state index in [-0.39, 0.29) is 29.8 Å². The molecule has 27 heavy (non-hydrogen) atoms. The van der Waals surface area contributed by atoms with Crippen LogP contribution in [0.2, 0.25) is 0 Å². The van der Waals surface area contributed by atoms with Crippen molar-refractivity contribution < 1.29 is 4.39 Å². The Kier molecular flexibility index (Phi) is 7.78. The van der Waals surface area contributed by atoms with E-state index in [9.17, 15) is 4.39 Å². The molecular weight excluding hydrogens is 476 g/mol. The van der Waals surface area contributed by atoms with Gasteiger partial charge in [0.15, 0.2) is 5.96 Å². The Morgan fingerprint density at radius 2 is 1.96 bits per heavy atom. The molecule has 2 N–H and O–H groups in total. The van der Waals surface area contributed by atoms with Crippen LogP contribution in [0.5, 0.6) is 0 Å². The van der Waals surface area contributed by atoms with Crippen molar-refractivity contribution in [2.75, 3.05) is 7.05 Å². The highest BCUT2D eigenvalue weighted by Gasteiger charge is 2.08. The predicted molar refractivity (Wildman–Crippen MR) is 120 cm³/mol. The van der Waals surface area contributed by atoms with E-state index in [2.05, 4.69) is 39.7 Å². The topological polar surface area (TPSA) is 54.2 Å². The zero-order valence-corrected chi connectivity index (χ0v) is 18.6. The molecule has 0 atom stereocenters. The van der Waals surface area contributed by atoms with E-state index in [0.717, 1.165) is 11.4 Å². The van der Waals surface area contributed by atoms with Crippen molar-refractivity contribution in [1.82, 2.24) is 20.2 Å². The Balaban J connectivity index is 0.00000261. The highest BCUT2D eigenvalue weighted by atomic mass is 127. The number of rotatable bonds is 5. The Morgan fingerprint density at radius 1 is 1.19 bits per heavy atom. The number of guanidine groups is 1. The summed E-state index contributed by atoms with van der Waals surface area (Å²) in [6.07, 6.45) is 3.42. The SMILES string of the molecule is CN=C(NCc1ccc(-n2ccnc2C)c(F)c1)NCc1ccc(C)s1.I. The van der Waals surface area contributed by atoms with Crippen molar-refractivity contribution in [3.63, 3.8) is 0 Å². The molecule has 0 aliphatic carbocycles. The van der Waals surface area contributed by atoms with Crippen molar-refractivity contribution in [3.05, 3.63) is 69.7 Å². The zero-order valence-electron chi connectivity index (χ0n) is 15.5. The average molecular weight is 499 g/mol.